The van der Waals surface area contributed by atoms with Gasteiger partial charge in [-0.2, -0.15) is 13.2 Å². The van der Waals surface area contributed by atoms with Crippen LogP contribution in [0.3, 0.4) is 0 Å². The molecule has 0 saturated heterocycles. The first-order valence-corrected chi connectivity index (χ1v) is 11.2. The van der Waals surface area contributed by atoms with Crippen LogP contribution in [0.1, 0.15) is 37.4 Å². The Hall–Kier alpha value is -3.29. The van der Waals surface area contributed by atoms with Crippen molar-refractivity contribution in [3.8, 4) is 5.75 Å². The van der Waals surface area contributed by atoms with Gasteiger partial charge in [0.1, 0.15) is 23.7 Å². The van der Waals surface area contributed by atoms with Crippen LogP contribution in [0.5, 0.6) is 5.75 Å². The SMILES string of the molecule is CC(Oc1ccc(C23CC(C(F)(F)C(O)(Cn4cnnn4)c4ccc(F)cc4F)(C2)C3)nc1)C(F)(F)F. The van der Waals surface area contributed by atoms with E-state index in [1.807, 2.05) is 0 Å². The number of tetrazole rings is 1. The van der Waals surface area contributed by atoms with E-state index < -0.39 is 58.4 Å². The number of nitrogens with zero attached hydrogens (tertiary/aromatic N) is 5. The summed E-state index contributed by atoms with van der Waals surface area (Å²) in [4.78, 5) is 4.13. The second-order valence-corrected chi connectivity index (χ2v) is 9.84. The minimum atomic E-state index is -4.56. The highest BCUT2D eigenvalue weighted by atomic mass is 19.4. The standard InChI is InChI=1S/C23H20F7N5O2/c1-13(22(26,27)28)37-15-3-5-18(31-7-15)19-8-20(9-19,10-19)23(29,30)21(36,11-35-12-32-33-34-35)16-4-2-14(24)6-17(16)25/h2-7,12-13,36H,8-11H2,1H3. The zero-order chi connectivity index (χ0) is 26.9. The first-order chi connectivity index (χ1) is 17.2. The van der Waals surface area contributed by atoms with Gasteiger partial charge >= 0.3 is 6.18 Å². The van der Waals surface area contributed by atoms with Gasteiger partial charge in [0.25, 0.3) is 5.92 Å². The molecule has 2 atom stereocenters. The van der Waals surface area contributed by atoms with E-state index in [1.54, 1.807) is 0 Å². The minimum absolute atomic E-state index is 0.111. The van der Waals surface area contributed by atoms with E-state index in [0.717, 1.165) is 36.3 Å². The lowest BCUT2D eigenvalue weighted by molar-refractivity contribution is -0.348. The molecule has 0 aliphatic heterocycles. The summed E-state index contributed by atoms with van der Waals surface area (Å²) in [5, 5.41) is 21.6. The summed E-state index contributed by atoms with van der Waals surface area (Å²) < 4.78 is 104. The van der Waals surface area contributed by atoms with Gasteiger partial charge < -0.3 is 9.84 Å². The maximum Gasteiger partial charge on any atom is 0.425 e. The number of aliphatic hydroxyl groups is 1. The predicted molar refractivity (Wildman–Crippen MR) is 111 cm³/mol. The van der Waals surface area contributed by atoms with Crippen molar-refractivity contribution in [2.45, 2.75) is 61.9 Å². The molecule has 1 aromatic carbocycles. The Morgan fingerprint density at radius 1 is 1.08 bits per heavy atom. The first-order valence-electron chi connectivity index (χ1n) is 11.2. The number of pyridine rings is 1. The molecule has 3 aliphatic rings. The highest BCUT2D eigenvalue weighted by molar-refractivity contribution is 5.41. The maximum absolute atomic E-state index is 16.2. The lowest BCUT2D eigenvalue weighted by atomic mass is 9.31. The summed E-state index contributed by atoms with van der Waals surface area (Å²) in [5.41, 5.74) is -6.01. The molecule has 2 unspecified atom stereocenters. The molecule has 37 heavy (non-hydrogen) atoms. The average Bonchev–Trinajstić information content (AvgIpc) is 3.24. The van der Waals surface area contributed by atoms with Gasteiger partial charge in [0, 0.05) is 28.2 Å². The number of ether oxygens (including phenoxy) is 1. The molecule has 0 spiro atoms. The maximum atomic E-state index is 16.2. The van der Waals surface area contributed by atoms with Gasteiger partial charge in [0.05, 0.1) is 12.7 Å². The second-order valence-electron chi connectivity index (χ2n) is 9.84. The Kier molecular flexibility index (Phi) is 5.55. The number of aromatic nitrogens is 5. The largest absolute Gasteiger partial charge is 0.480 e. The van der Waals surface area contributed by atoms with Crippen molar-refractivity contribution < 1.29 is 40.6 Å². The second kappa shape index (κ2) is 8.10. The zero-order valence-corrected chi connectivity index (χ0v) is 19.2. The zero-order valence-electron chi connectivity index (χ0n) is 19.2. The Morgan fingerprint density at radius 3 is 2.32 bits per heavy atom. The highest BCUT2D eigenvalue weighted by Crippen LogP contribution is 2.80. The van der Waals surface area contributed by atoms with Crippen LogP contribution in [-0.2, 0) is 17.6 Å². The lowest BCUT2D eigenvalue weighted by Crippen LogP contribution is -2.76. The summed E-state index contributed by atoms with van der Waals surface area (Å²) in [6, 6.07) is 4.67. The van der Waals surface area contributed by atoms with E-state index in [-0.39, 0.29) is 25.0 Å². The quantitative estimate of drug-likeness (QED) is 0.436. The van der Waals surface area contributed by atoms with Gasteiger partial charge in [0.2, 0.25) is 0 Å². The normalized spacial score (nSPS) is 25.5. The first kappa shape index (κ1) is 25.4. The molecule has 0 amide bonds. The summed E-state index contributed by atoms with van der Waals surface area (Å²) in [6.45, 7) is -0.0483. The predicted octanol–water partition coefficient (Wildman–Crippen LogP) is 4.32. The molecule has 3 fully saturated rings. The Bertz CT molecular complexity index is 1280. The Labute approximate surface area is 205 Å². The molecule has 2 heterocycles. The third kappa shape index (κ3) is 3.83. The van der Waals surface area contributed by atoms with Crippen molar-refractivity contribution in [3.05, 3.63) is 65.7 Å². The van der Waals surface area contributed by atoms with E-state index in [4.69, 9.17) is 4.74 Å². The third-order valence-corrected chi connectivity index (χ3v) is 7.43. The number of rotatable bonds is 8. The number of halogens is 7. The Balaban J connectivity index is 1.39. The molecular weight excluding hydrogens is 511 g/mol. The molecule has 2 aromatic heterocycles. The molecule has 1 N–H and O–H groups in total. The van der Waals surface area contributed by atoms with Crippen LogP contribution in [0.25, 0.3) is 0 Å². The fourth-order valence-electron chi connectivity index (χ4n) is 5.53. The molecule has 6 rings (SSSR count). The van der Waals surface area contributed by atoms with Gasteiger partial charge in [-0.3, -0.25) is 4.98 Å². The van der Waals surface area contributed by atoms with Gasteiger partial charge in [-0.1, -0.05) is 0 Å². The van der Waals surface area contributed by atoms with E-state index in [2.05, 4.69) is 20.5 Å². The van der Waals surface area contributed by atoms with Crippen LogP contribution < -0.4 is 4.74 Å². The summed E-state index contributed by atoms with van der Waals surface area (Å²) in [7, 11) is 0. The van der Waals surface area contributed by atoms with Crippen molar-refractivity contribution in [3.63, 3.8) is 0 Å². The van der Waals surface area contributed by atoms with Crippen LogP contribution in [-0.4, -0.2) is 48.5 Å². The average molecular weight is 531 g/mol. The minimum Gasteiger partial charge on any atom is -0.480 e. The number of hydrogen-bond acceptors (Lipinski definition) is 6. The number of benzene rings is 1. The fourth-order valence-corrected chi connectivity index (χ4v) is 5.53. The smallest absolute Gasteiger partial charge is 0.425 e. The molecule has 0 radical (unpaired) electrons. The number of alkyl halides is 5. The van der Waals surface area contributed by atoms with E-state index in [0.29, 0.717) is 11.8 Å². The lowest BCUT2D eigenvalue weighted by Gasteiger charge is -2.73. The monoisotopic (exact) mass is 531 g/mol. The summed E-state index contributed by atoms with van der Waals surface area (Å²) in [6.07, 6.45) is -4.86. The molecule has 3 aliphatic carbocycles. The molecule has 3 aromatic rings. The van der Waals surface area contributed by atoms with Gasteiger partial charge in [0.15, 0.2) is 11.7 Å². The highest BCUT2D eigenvalue weighted by Gasteiger charge is 2.82. The van der Waals surface area contributed by atoms with Crippen LogP contribution in [0.4, 0.5) is 30.7 Å². The van der Waals surface area contributed by atoms with Crippen molar-refractivity contribution in [1.82, 2.24) is 25.2 Å². The van der Waals surface area contributed by atoms with Crippen molar-refractivity contribution in [1.29, 1.82) is 0 Å². The van der Waals surface area contributed by atoms with Crippen LogP contribution in [0.2, 0.25) is 0 Å². The molecule has 3 saturated carbocycles. The third-order valence-electron chi connectivity index (χ3n) is 7.43. The summed E-state index contributed by atoms with van der Waals surface area (Å²) >= 11 is 0. The molecular formula is C23H20F7N5O2. The fraction of sp³-hybridized carbons (Fsp3) is 0.478. The molecule has 14 heteroatoms. The molecule has 2 bridgehead atoms. The molecule has 198 valence electrons. The van der Waals surface area contributed by atoms with E-state index >= 15 is 8.78 Å². The van der Waals surface area contributed by atoms with Crippen molar-refractivity contribution in [2.24, 2.45) is 5.41 Å². The molecule has 7 nitrogen and oxygen atoms in total. The van der Waals surface area contributed by atoms with Crippen LogP contribution >= 0.6 is 0 Å². The van der Waals surface area contributed by atoms with Crippen LogP contribution in [0.15, 0.2) is 42.9 Å². The van der Waals surface area contributed by atoms with E-state index in [1.165, 1.54) is 12.1 Å². The van der Waals surface area contributed by atoms with Crippen molar-refractivity contribution in [2.75, 3.05) is 0 Å². The Morgan fingerprint density at radius 2 is 1.78 bits per heavy atom. The van der Waals surface area contributed by atoms with Crippen molar-refractivity contribution >= 4 is 0 Å². The summed E-state index contributed by atoms with van der Waals surface area (Å²) in [5.74, 6) is -6.37. The van der Waals surface area contributed by atoms with Gasteiger partial charge in [-0.25, -0.2) is 22.2 Å². The topological polar surface area (TPSA) is 86.0 Å². The number of hydrogen-bond donors (Lipinski definition) is 1. The van der Waals surface area contributed by atoms with Gasteiger partial charge in [-0.15, -0.1) is 5.10 Å². The van der Waals surface area contributed by atoms with Crippen LogP contribution in [0, 0.1) is 17.0 Å². The van der Waals surface area contributed by atoms with E-state index in [9.17, 15) is 27.1 Å². The van der Waals surface area contributed by atoms with Gasteiger partial charge in [-0.05, 0) is 60.9 Å².